The molecule has 0 bridgehead atoms. The molecule has 1 aliphatic heterocycles. The molecule has 0 saturated heterocycles. The summed E-state index contributed by atoms with van der Waals surface area (Å²) < 4.78 is 7.05. The van der Waals surface area contributed by atoms with Crippen LogP contribution in [-0.4, -0.2) is 45.1 Å². The average molecular weight is 325 g/mol. The second-order valence-electron chi connectivity index (χ2n) is 5.57. The van der Waals surface area contributed by atoms with Gasteiger partial charge in [-0.25, -0.2) is 0 Å². The molecule has 0 radical (unpaired) electrons. The third-order valence-electron chi connectivity index (χ3n) is 4.17. The summed E-state index contributed by atoms with van der Waals surface area (Å²) in [6, 6.07) is 7.19. The highest BCUT2D eigenvalue weighted by Gasteiger charge is 2.27. The maximum atomic E-state index is 12.7. The molecule has 3 aromatic rings. The predicted octanol–water partition coefficient (Wildman–Crippen LogP) is 1.04. The Morgan fingerprint density at radius 2 is 2.08 bits per heavy atom. The van der Waals surface area contributed by atoms with E-state index in [2.05, 4.69) is 15.5 Å². The number of benzene rings is 1. The lowest BCUT2D eigenvalue weighted by Gasteiger charge is -2.27. The van der Waals surface area contributed by atoms with Crippen molar-refractivity contribution in [2.75, 3.05) is 13.6 Å². The fourth-order valence-corrected chi connectivity index (χ4v) is 2.89. The molecule has 2 aromatic heterocycles. The lowest BCUT2D eigenvalue weighted by Crippen LogP contribution is -2.39. The smallest absolute Gasteiger partial charge is 0.288 e. The minimum atomic E-state index is -0.279. The quantitative estimate of drug-likeness (QED) is 0.760. The van der Waals surface area contributed by atoms with E-state index in [0.717, 1.165) is 11.0 Å². The molecule has 3 heterocycles. The molecule has 0 aliphatic carbocycles. The molecule has 1 N–H and O–H groups in total. The summed E-state index contributed by atoms with van der Waals surface area (Å²) in [5.41, 5.74) is 1.35. The monoisotopic (exact) mass is 325 g/mol. The number of aromatic nitrogens is 3. The van der Waals surface area contributed by atoms with Gasteiger partial charge in [-0.2, -0.15) is 0 Å². The largest absolute Gasteiger partial charge is 0.464 e. The highest BCUT2D eigenvalue weighted by atomic mass is 16.3. The van der Waals surface area contributed by atoms with Gasteiger partial charge in [-0.15, -0.1) is 10.2 Å². The molecule has 122 valence electrons. The molecule has 1 aromatic carbocycles. The maximum Gasteiger partial charge on any atom is 0.288 e. The third kappa shape index (κ3) is 2.23. The van der Waals surface area contributed by atoms with E-state index in [9.17, 15) is 9.59 Å². The summed E-state index contributed by atoms with van der Waals surface area (Å²) >= 11 is 0. The van der Waals surface area contributed by atoms with Crippen molar-refractivity contribution in [3.05, 3.63) is 47.7 Å². The third-order valence-corrected chi connectivity index (χ3v) is 4.17. The van der Waals surface area contributed by atoms with Gasteiger partial charge in [-0.3, -0.25) is 9.59 Å². The summed E-state index contributed by atoms with van der Waals surface area (Å²) in [6.45, 7) is 1.31. The summed E-state index contributed by atoms with van der Waals surface area (Å²) in [4.78, 5) is 26.2. The number of nitrogens with one attached hydrogen (secondary N) is 1. The molecule has 2 amide bonds. The fraction of sp³-hybridized carbons (Fsp3) is 0.250. The van der Waals surface area contributed by atoms with Crippen molar-refractivity contribution in [3.63, 3.8) is 0 Å². The summed E-state index contributed by atoms with van der Waals surface area (Å²) in [5.74, 6) is 0.532. The zero-order valence-corrected chi connectivity index (χ0v) is 13.0. The van der Waals surface area contributed by atoms with Gasteiger partial charge in [0.1, 0.15) is 5.58 Å². The number of rotatable bonds is 2. The van der Waals surface area contributed by atoms with E-state index in [1.54, 1.807) is 34.9 Å². The number of furan rings is 1. The van der Waals surface area contributed by atoms with Crippen LogP contribution in [0.4, 0.5) is 0 Å². The van der Waals surface area contributed by atoms with Crippen molar-refractivity contribution in [2.45, 2.75) is 13.1 Å². The predicted molar refractivity (Wildman–Crippen MR) is 84.4 cm³/mol. The molecule has 1 aliphatic rings. The van der Waals surface area contributed by atoms with E-state index in [1.165, 1.54) is 0 Å². The van der Waals surface area contributed by atoms with Gasteiger partial charge >= 0.3 is 0 Å². The molecule has 24 heavy (non-hydrogen) atoms. The minimum absolute atomic E-state index is 0.0751. The summed E-state index contributed by atoms with van der Waals surface area (Å²) in [6.07, 6.45) is 1.60. The second-order valence-corrected chi connectivity index (χ2v) is 5.57. The van der Waals surface area contributed by atoms with Crippen LogP contribution in [0.3, 0.4) is 0 Å². The molecule has 0 fully saturated rings. The molecule has 8 nitrogen and oxygen atoms in total. The first-order chi connectivity index (χ1) is 11.7. The zero-order valence-electron chi connectivity index (χ0n) is 13.0. The SMILES string of the molecule is CNC(=O)c1nnc2n1CCN(C(=O)c1ccc3occc3c1)C2. The number of fused-ring (bicyclic) bond motifs is 2. The summed E-state index contributed by atoms with van der Waals surface area (Å²) in [7, 11) is 1.55. The summed E-state index contributed by atoms with van der Waals surface area (Å²) in [5, 5.41) is 11.4. The van der Waals surface area contributed by atoms with Crippen molar-refractivity contribution in [3.8, 4) is 0 Å². The number of carbonyl (C=O) groups is 2. The van der Waals surface area contributed by atoms with Gasteiger partial charge in [0.25, 0.3) is 11.8 Å². The number of nitrogens with zero attached hydrogens (tertiary/aromatic N) is 4. The molecule has 4 rings (SSSR count). The fourth-order valence-electron chi connectivity index (χ4n) is 2.89. The van der Waals surface area contributed by atoms with Gasteiger partial charge in [0.2, 0.25) is 5.82 Å². The standard InChI is InChI=1S/C16H15N5O3/c1-17-15(22)14-19-18-13-9-20(5-6-21(13)14)16(23)11-2-3-12-10(8-11)4-7-24-12/h2-4,7-8H,5-6,9H2,1H3,(H,17,22). The van der Waals surface area contributed by atoms with Crippen LogP contribution in [0.25, 0.3) is 11.0 Å². The van der Waals surface area contributed by atoms with Gasteiger partial charge in [-0.05, 0) is 24.3 Å². The first-order valence-corrected chi connectivity index (χ1v) is 7.58. The number of hydrogen-bond donors (Lipinski definition) is 1. The van der Waals surface area contributed by atoms with E-state index >= 15 is 0 Å². The van der Waals surface area contributed by atoms with E-state index < -0.39 is 0 Å². The molecule has 0 spiro atoms. The van der Waals surface area contributed by atoms with Gasteiger partial charge < -0.3 is 19.2 Å². The number of hydrogen-bond acceptors (Lipinski definition) is 5. The van der Waals surface area contributed by atoms with Crippen LogP contribution >= 0.6 is 0 Å². The Hall–Kier alpha value is -3.16. The van der Waals surface area contributed by atoms with Crippen LogP contribution in [0, 0.1) is 0 Å². The van der Waals surface area contributed by atoms with Crippen LogP contribution < -0.4 is 5.32 Å². The minimum Gasteiger partial charge on any atom is -0.464 e. The van der Waals surface area contributed by atoms with E-state index in [1.807, 2.05) is 12.1 Å². The second kappa shape index (κ2) is 5.48. The lowest BCUT2D eigenvalue weighted by atomic mass is 10.1. The first kappa shape index (κ1) is 14.4. The van der Waals surface area contributed by atoms with Crippen LogP contribution in [-0.2, 0) is 13.1 Å². The Balaban J connectivity index is 1.58. The van der Waals surface area contributed by atoms with Gasteiger partial charge in [0, 0.05) is 31.1 Å². The van der Waals surface area contributed by atoms with Crippen molar-refractivity contribution in [1.82, 2.24) is 25.0 Å². The van der Waals surface area contributed by atoms with Crippen LogP contribution in [0.1, 0.15) is 26.8 Å². The molecule has 8 heteroatoms. The molecular formula is C16H15N5O3. The van der Waals surface area contributed by atoms with E-state index in [4.69, 9.17) is 4.42 Å². The van der Waals surface area contributed by atoms with Crippen LogP contribution in [0.2, 0.25) is 0 Å². The Labute approximate surface area is 137 Å². The van der Waals surface area contributed by atoms with Crippen molar-refractivity contribution in [2.24, 2.45) is 0 Å². The maximum absolute atomic E-state index is 12.7. The molecule has 0 unspecified atom stereocenters. The lowest BCUT2D eigenvalue weighted by molar-refractivity contribution is 0.0706. The number of carbonyl (C=O) groups excluding carboxylic acids is 2. The Morgan fingerprint density at radius 3 is 2.92 bits per heavy atom. The van der Waals surface area contributed by atoms with E-state index in [0.29, 0.717) is 31.0 Å². The molecule has 0 saturated carbocycles. The molecule has 0 atom stereocenters. The van der Waals surface area contributed by atoms with Gasteiger partial charge in [0.05, 0.1) is 12.8 Å². The Bertz CT molecular complexity index is 942. The Kier molecular flexibility index (Phi) is 3.30. The molecular weight excluding hydrogens is 310 g/mol. The van der Waals surface area contributed by atoms with Crippen LogP contribution in [0.15, 0.2) is 34.9 Å². The number of amides is 2. The highest BCUT2D eigenvalue weighted by Crippen LogP contribution is 2.20. The van der Waals surface area contributed by atoms with Crippen molar-refractivity contribution >= 4 is 22.8 Å². The van der Waals surface area contributed by atoms with Crippen LogP contribution in [0.5, 0.6) is 0 Å². The Morgan fingerprint density at radius 1 is 1.21 bits per heavy atom. The van der Waals surface area contributed by atoms with E-state index in [-0.39, 0.29) is 17.6 Å². The zero-order chi connectivity index (χ0) is 16.7. The highest BCUT2D eigenvalue weighted by molar-refractivity contribution is 5.97. The van der Waals surface area contributed by atoms with Gasteiger partial charge in [0.15, 0.2) is 5.82 Å². The van der Waals surface area contributed by atoms with Gasteiger partial charge in [-0.1, -0.05) is 0 Å². The normalized spacial score (nSPS) is 13.8. The first-order valence-electron chi connectivity index (χ1n) is 7.58. The average Bonchev–Trinajstić information content (AvgIpc) is 3.25. The van der Waals surface area contributed by atoms with Crippen molar-refractivity contribution < 1.29 is 14.0 Å². The van der Waals surface area contributed by atoms with Crippen molar-refractivity contribution in [1.29, 1.82) is 0 Å². The topological polar surface area (TPSA) is 93.3 Å².